The van der Waals surface area contributed by atoms with Gasteiger partial charge in [-0.3, -0.25) is 4.79 Å². The molecule has 0 saturated carbocycles. The van der Waals surface area contributed by atoms with Crippen molar-refractivity contribution in [2.45, 2.75) is 24.6 Å². The van der Waals surface area contributed by atoms with Crippen molar-refractivity contribution >= 4 is 35.2 Å². The Balaban J connectivity index is 2.02. The van der Waals surface area contributed by atoms with Gasteiger partial charge in [0.15, 0.2) is 0 Å². The van der Waals surface area contributed by atoms with Crippen molar-refractivity contribution in [1.29, 1.82) is 0 Å². The second-order valence-corrected chi connectivity index (χ2v) is 6.15. The van der Waals surface area contributed by atoms with Crippen LogP contribution in [0.1, 0.15) is 11.1 Å². The van der Waals surface area contributed by atoms with E-state index in [1.807, 2.05) is 25.1 Å². The molecule has 6 heteroatoms. The summed E-state index contributed by atoms with van der Waals surface area (Å²) in [5.41, 5.74) is 1.98. The third kappa shape index (κ3) is 3.42. The maximum absolute atomic E-state index is 11.8. The van der Waals surface area contributed by atoms with Gasteiger partial charge in [0.2, 0.25) is 5.91 Å². The summed E-state index contributed by atoms with van der Waals surface area (Å²) >= 11 is 7.42. The summed E-state index contributed by atoms with van der Waals surface area (Å²) in [5.74, 6) is -0.816. The lowest BCUT2D eigenvalue weighted by atomic mass is 10.1. The number of amides is 1. The molecule has 0 aliphatic carbocycles. The summed E-state index contributed by atoms with van der Waals surface area (Å²) in [4.78, 5) is 22.6. The number of hydrogen-bond donors (Lipinski definition) is 2. The third-order valence-corrected chi connectivity index (χ3v) is 4.74. The van der Waals surface area contributed by atoms with E-state index in [9.17, 15) is 9.59 Å². The number of carboxylic acid groups (broad SMARTS) is 1. The number of nitrogens with one attached hydrogen (secondary N) is 1. The van der Waals surface area contributed by atoms with Crippen LogP contribution in [0.25, 0.3) is 0 Å². The minimum atomic E-state index is -0.988. The minimum absolute atomic E-state index is 0.222. The quantitative estimate of drug-likeness (QED) is 0.894. The zero-order chi connectivity index (χ0) is 14.0. The molecule has 1 aromatic carbocycles. The fraction of sp³-hybridized carbons (Fsp3) is 0.385. The van der Waals surface area contributed by atoms with E-state index < -0.39 is 12.0 Å². The number of hydrogen-bond acceptors (Lipinski definition) is 3. The largest absolute Gasteiger partial charge is 0.480 e. The Morgan fingerprint density at radius 1 is 1.58 bits per heavy atom. The SMILES string of the molecule is Cc1ccc(C[C@@H]2SC[C@@H](C(=O)O)NC2=O)cc1Cl. The molecule has 1 heterocycles. The van der Waals surface area contributed by atoms with Crippen molar-refractivity contribution in [2.24, 2.45) is 0 Å². The number of aliphatic carboxylic acids is 1. The highest BCUT2D eigenvalue weighted by Gasteiger charge is 2.32. The standard InChI is InChI=1S/C13H14ClNO3S/c1-7-2-3-8(4-9(7)14)5-11-12(16)15-10(6-19-11)13(17)18/h2-4,10-11H,5-6H2,1H3,(H,15,16)(H,17,18)/t10-,11-/m0/s1. The highest BCUT2D eigenvalue weighted by molar-refractivity contribution is 8.00. The molecule has 1 aliphatic rings. The smallest absolute Gasteiger partial charge is 0.327 e. The fourth-order valence-corrected chi connectivity index (χ4v) is 3.24. The molecule has 2 N–H and O–H groups in total. The first-order valence-electron chi connectivity index (χ1n) is 5.87. The highest BCUT2D eigenvalue weighted by atomic mass is 35.5. The first-order valence-corrected chi connectivity index (χ1v) is 7.30. The topological polar surface area (TPSA) is 66.4 Å². The van der Waals surface area contributed by atoms with E-state index in [4.69, 9.17) is 16.7 Å². The number of thioether (sulfide) groups is 1. The van der Waals surface area contributed by atoms with Gasteiger partial charge in [-0.1, -0.05) is 23.7 Å². The fourth-order valence-electron chi connectivity index (χ4n) is 1.86. The molecule has 0 radical (unpaired) electrons. The number of carboxylic acids is 1. The average molecular weight is 300 g/mol. The number of carbonyl (C=O) groups excluding carboxylic acids is 1. The van der Waals surface area contributed by atoms with Crippen LogP contribution >= 0.6 is 23.4 Å². The van der Waals surface area contributed by atoms with Gasteiger partial charge in [0, 0.05) is 10.8 Å². The van der Waals surface area contributed by atoms with Gasteiger partial charge >= 0.3 is 5.97 Å². The Morgan fingerprint density at radius 2 is 2.32 bits per heavy atom. The molecule has 0 spiro atoms. The van der Waals surface area contributed by atoms with Gasteiger partial charge in [-0.05, 0) is 30.5 Å². The van der Waals surface area contributed by atoms with Crippen molar-refractivity contribution in [3.63, 3.8) is 0 Å². The second kappa shape index (κ2) is 5.84. The Bertz CT molecular complexity index is 521. The van der Waals surface area contributed by atoms with Crippen LogP contribution in [0.15, 0.2) is 18.2 Å². The Morgan fingerprint density at radius 3 is 2.89 bits per heavy atom. The van der Waals surface area contributed by atoms with Gasteiger partial charge in [0.05, 0.1) is 5.25 Å². The molecule has 19 heavy (non-hydrogen) atoms. The number of benzene rings is 1. The van der Waals surface area contributed by atoms with Crippen LogP contribution in [-0.2, 0) is 16.0 Å². The van der Waals surface area contributed by atoms with Gasteiger partial charge in [-0.15, -0.1) is 11.8 Å². The molecule has 1 aliphatic heterocycles. The molecule has 2 atom stereocenters. The molecular weight excluding hydrogens is 286 g/mol. The van der Waals surface area contributed by atoms with Crippen LogP contribution in [0.2, 0.25) is 5.02 Å². The summed E-state index contributed by atoms with van der Waals surface area (Å²) in [7, 11) is 0. The van der Waals surface area contributed by atoms with E-state index in [2.05, 4.69) is 5.32 Å². The van der Waals surface area contributed by atoms with E-state index in [1.54, 1.807) is 0 Å². The van der Waals surface area contributed by atoms with Crippen molar-refractivity contribution < 1.29 is 14.7 Å². The molecular formula is C13H14ClNO3S. The maximum atomic E-state index is 11.8. The van der Waals surface area contributed by atoms with Crippen LogP contribution in [0, 0.1) is 6.92 Å². The molecule has 2 rings (SSSR count). The molecule has 1 fully saturated rings. The molecule has 0 unspecified atom stereocenters. The molecule has 0 bridgehead atoms. The van der Waals surface area contributed by atoms with Gasteiger partial charge in [-0.2, -0.15) is 0 Å². The van der Waals surface area contributed by atoms with Crippen LogP contribution in [0.5, 0.6) is 0 Å². The summed E-state index contributed by atoms with van der Waals surface area (Å²) < 4.78 is 0. The number of halogens is 1. The number of carbonyl (C=O) groups is 2. The van der Waals surface area contributed by atoms with E-state index in [1.165, 1.54) is 11.8 Å². The third-order valence-electron chi connectivity index (χ3n) is 3.03. The predicted molar refractivity (Wildman–Crippen MR) is 75.7 cm³/mol. The molecule has 1 saturated heterocycles. The maximum Gasteiger partial charge on any atom is 0.327 e. The van der Waals surface area contributed by atoms with Crippen molar-refractivity contribution in [3.05, 3.63) is 34.3 Å². The molecule has 0 aromatic heterocycles. The highest BCUT2D eigenvalue weighted by Crippen LogP contribution is 2.24. The first kappa shape index (κ1) is 14.2. The summed E-state index contributed by atoms with van der Waals surface area (Å²) in [6.45, 7) is 1.92. The Hall–Kier alpha value is -1.20. The lowest BCUT2D eigenvalue weighted by Gasteiger charge is -2.26. The van der Waals surface area contributed by atoms with Gasteiger partial charge in [0.25, 0.3) is 0 Å². The van der Waals surface area contributed by atoms with E-state index >= 15 is 0 Å². The minimum Gasteiger partial charge on any atom is -0.480 e. The Kier molecular flexibility index (Phi) is 4.37. The lowest BCUT2D eigenvalue weighted by molar-refractivity contribution is -0.141. The molecule has 102 valence electrons. The van der Waals surface area contributed by atoms with Gasteiger partial charge in [-0.25, -0.2) is 4.79 Å². The summed E-state index contributed by atoms with van der Waals surface area (Å²) in [6, 6.07) is 4.94. The second-order valence-electron chi connectivity index (χ2n) is 4.51. The lowest BCUT2D eigenvalue weighted by Crippen LogP contribution is -2.51. The van der Waals surface area contributed by atoms with Crippen LogP contribution in [0.3, 0.4) is 0 Å². The number of rotatable bonds is 3. The van der Waals surface area contributed by atoms with Gasteiger partial charge < -0.3 is 10.4 Å². The monoisotopic (exact) mass is 299 g/mol. The van der Waals surface area contributed by atoms with E-state index in [0.29, 0.717) is 17.2 Å². The van der Waals surface area contributed by atoms with E-state index in [-0.39, 0.29) is 11.2 Å². The zero-order valence-corrected chi connectivity index (χ0v) is 11.9. The summed E-state index contributed by atoms with van der Waals surface area (Å²) in [5, 5.41) is 11.8. The normalized spacial score (nSPS) is 22.9. The first-order chi connectivity index (χ1) is 8.97. The average Bonchev–Trinajstić information content (AvgIpc) is 2.36. The number of aryl methyl sites for hydroxylation is 1. The summed E-state index contributed by atoms with van der Waals surface area (Å²) in [6.07, 6.45) is 0.558. The van der Waals surface area contributed by atoms with Crippen LogP contribution in [0.4, 0.5) is 0 Å². The molecule has 4 nitrogen and oxygen atoms in total. The van der Waals surface area contributed by atoms with Crippen molar-refractivity contribution in [3.8, 4) is 0 Å². The molecule has 1 amide bonds. The van der Waals surface area contributed by atoms with Crippen LogP contribution in [-0.4, -0.2) is 34.0 Å². The Labute approximate surface area is 120 Å². The molecule has 1 aromatic rings. The zero-order valence-electron chi connectivity index (χ0n) is 10.4. The predicted octanol–water partition coefficient (Wildman–Crippen LogP) is 1.88. The van der Waals surface area contributed by atoms with Crippen molar-refractivity contribution in [2.75, 3.05) is 5.75 Å². The van der Waals surface area contributed by atoms with Crippen LogP contribution < -0.4 is 5.32 Å². The van der Waals surface area contributed by atoms with E-state index in [0.717, 1.165) is 11.1 Å². The van der Waals surface area contributed by atoms with Crippen molar-refractivity contribution in [1.82, 2.24) is 5.32 Å². The van der Waals surface area contributed by atoms with Gasteiger partial charge in [0.1, 0.15) is 6.04 Å².